The molecule has 0 atom stereocenters. The summed E-state index contributed by atoms with van der Waals surface area (Å²) in [6.45, 7) is 0. The average Bonchev–Trinajstić information content (AvgIpc) is 2.75. The van der Waals surface area contributed by atoms with Crippen LogP contribution in [0.2, 0.25) is 0 Å². The van der Waals surface area contributed by atoms with E-state index in [2.05, 4.69) is 10.2 Å². The zero-order valence-electron chi connectivity index (χ0n) is 9.24. The van der Waals surface area contributed by atoms with Crippen LogP contribution in [0.15, 0.2) is 36.4 Å². The van der Waals surface area contributed by atoms with Crippen LogP contribution in [0.3, 0.4) is 0 Å². The van der Waals surface area contributed by atoms with Crippen molar-refractivity contribution in [3.05, 3.63) is 48.0 Å². The fraction of sp³-hybridized carbons (Fsp3) is 0. The maximum Gasteiger partial charge on any atom is 0.132 e. The van der Waals surface area contributed by atoms with Crippen molar-refractivity contribution in [3.8, 4) is 11.3 Å². The third kappa shape index (κ3) is 1.60. The van der Waals surface area contributed by atoms with Gasteiger partial charge in [-0.15, -0.1) is 0 Å². The molecule has 1 aromatic heterocycles. The summed E-state index contributed by atoms with van der Waals surface area (Å²) in [5.41, 5.74) is 7.43. The maximum atomic E-state index is 13.7. The molecule has 0 aliphatic carbocycles. The molecule has 18 heavy (non-hydrogen) atoms. The lowest BCUT2D eigenvalue weighted by Crippen LogP contribution is -1.88. The average molecular weight is 245 g/mol. The van der Waals surface area contributed by atoms with Gasteiger partial charge in [0.05, 0.1) is 5.52 Å². The second-order valence-corrected chi connectivity index (χ2v) is 4.00. The minimum absolute atomic E-state index is 0.117. The van der Waals surface area contributed by atoms with Crippen molar-refractivity contribution in [1.82, 2.24) is 10.2 Å². The Hall–Kier alpha value is -2.43. The number of nitrogens with two attached hydrogens (primary N) is 1. The molecule has 3 nitrogen and oxygen atoms in total. The number of aromatic amines is 1. The highest BCUT2D eigenvalue weighted by Gasteiger charge is 2.13. The van der Waals surface area contributed by atoms with Crippen LogP contribution in [0.4, 0.5) is 14.5 Å². The summed E-state index contributed by atoms with van der Waals surface area (Å²) < 4.78 is 26.9. The van der Waals surface area contributed by atoms with Gasteiger partial charge in [-0.1, -0.05) is 0 Å². The second kappa shape index (κ2) is 3.80. The first-order chi connectivity index (χ1) is 8.65. The van der Waals surface area contributed by atoms with Crippen molar-refractivity contribution in [2.24, 2.45) is 0 Å². The van der Waals surface area contributed by atoms with Gasteiger partial charge in [-0.05, 0) is 36.4 Å². The summed E-state index contributed by atoms with van der Waals surface area (Å²) in [6, 6.07) is 8.41. The highest BCUT2D eigenvalue weighted by molar-refractivity contribution is 5.94. The molecule has 3 N–H and O–H groups in total. The number of aromatic nitrogens is 2. The van der Waals surface area contributed by atoms with Crippen LogP contribution in [0, 0.1) is 11.6 Å². The first-order valence-corrected chi connectivity index (χ1v) is 5.34. The molecule has 0 spiro atoms. The van der Waals surface area contributed by atoms with Gasteiger partial charge in [0.1, 0.15) is 17.3 Å². The summed E-state index contributed by atoms with van der Waals surface area (Å²) in [5.74, 6) is -1.03. The molecule has 0 bridgehead atoms. The van der Waals surface area contributed by atoms with Crippen molar-refractivity contribution in [3.63, 3.8) is 0 Å². The summed E-state index contributed by atoms with van der Waals surface area (Å²) in [5, 5.41) is 7.45. The van der Waals surface area contributed by atoms with Crippen LogP contribution >= 0.6 is 0 Å². The Morgan fingerprint density at radius 3 is 2.72 bits per heavy atom. The number of hydrogen-bond acceptors (Lipinski definition) is 2. The van der Waals surface area contributed by atoms with Gasteiger partial charge in [-0.3, -0.25) is 5.10 Å². The highest BCUT2D eigenvalue weighted by atomic mass is 19.1. The number of benzene rings is 2. The molecule has 0 fully saturated rings. The van der Waals surface area contributed by atoms with Gasteiger partial charge in [-0.25, -0.2) is 8.78 Å². The number of nitrogen functional groups attached to an aromatic ring is 1. The molecular formula is C13H9F2N3. The summed E-state index contributed by atoms with van der Waals surface area (Å²) in [7, 11) is 0. The largest absolute Gasteiger partial charge is 0.399 e. The van der Waals surface area contributed by atoms with Crippen LogP contribution in [-0.2, 0) is 0 Å². The quantitative estimate of drug-likeness (QED) is 0.647. The van der Waals surface area contributed by atoms with E-state index in [1.807, 2.05) is 0 Å². The van der Waals surface area contributed by atoms with Crippen molar-refractivity contribution >= 4 is 16.6 Å². The Morgan fingerprint density at radius 1 is 1.06 bits per heavy atom. The number of nitrogens with zero attached hydrogens (tertiary/aromatic N) is 1. The topological polar surface area (TPSA) is 54.7 Å². The first-order valence-electron chi connectivity index (χ1n) is 5.34. The second-order valence-electron chi connectivity index (χ2n) is 4.00. The molecule has 3 aromatic rings. The molecule has 0 aliphatic heterocycles. The van der Waals surface area contributed by atoms with E-state index in [0.29, 0.717) is 16.8 Å². The molecule has 0 radical (unpaired) electrons. The number of nitrogens with one attached hydrogen (secondary N) is 1. The van der Waals surface area contributed by atoms with Gasteiger partial charge in [0.15, 0.2) is 0 Å². The first kappa shape index (κ1) is 10.7. The molecule has 0 saturated heterocycles. The number of anilines is 1. The Balaban J connectivity index is 2.31. The van der Waals surface area contributed by atoms with Gasteiger partial charge < -0.3 is 5.73 Å². The van der Waals surface area contributed by atoms with Crippen LogP contribution in [-0.4, -0.2) is 10.2 Å². The van der Waals surface area contributed by atoms with E-state index in [4.69, 9.17) is 5.73 Å². The highest BCUT2D eigenvalue weighted by Crippen LogP contribution is 2.29. The van der Waals surface area contributed by atoms with Crippen LogP contribution in [0.5, 0.6) is 0 Å². The van der Waals surface area contributed by atoms with Crippen LogP contribution in [0.25, 0.3) is 22.2 Å². The van der Waals surface area contributed by atoms with E-state index < -0.39 is 11.6 Å². The monoisotopic (exact) mass is 245 g/mol. The Kier molecular flexibility index (Phi) is 2.26. The van der Waals surface area contributed by atoms with Crippen molar-refractivity contribution < 1.29 is 8.78 Å². The standard InChI is InChI=1S/C13H9F2N3/c14-7-1-3-11(15)9(5-7)13-10-6-8(16)2-4-12(10)17-18-13/h1-6H,16H2,(H,17,18). The molecule has 0 aliphatic rings. The number of fused-ring (bicyclic) bond motifs is 1. The van der Waals surface area contributed by atoms with Crippen molar-refractivity contribution in [1.29, 1.82) is 0 Å². The number of hydrogen-bond donors (Lipinski definition) is 2. The Labute approximate surface area is 101 Å². The van der Waals surface area contributed by atoms with Crippen LogP contribution < -0.4 is 5.73 Å². The van der Waals surface area contributed by atoms with Gasteiger partial charge >= 0.3 is 0 Å². The number of halogens is 2. The molecule has 3 rings (SSSR count). The fourth-order valence-corrected chi connectivity index (χ4v) is 1.92. The van der Waals surface area contributed by atoms with E-state index in [1.165, 1.54) is 0 Å². The SMILES string of the molecule is Nc1ccc2[nH]nc(-c3cc(F)ccc3F)c2c1. The predicted molar refractivity (Wildman–Crippen MR) is 65.9 cm³/mol. The minimum atomic E-state index is -0.521. The van der Waals surface area contributed by atoms with Crippen LogP contribution in [0.1, 0.15) is 0 Å². The van der Waals surface area contributed by atoms with Gasteiger partial charge in [-0.2, -0.15) is 5.10 Å². The Morgan fingerprint density at radius 2 is 1.89 bits per heavy atom. The molecule has 90 valence electrons. The zero-order valence-corrected chi connectivity index (χ0v) is 9.24. The smallest absolute Gasteiger partial charge is 0.132 e. The van der Waals surface area contributed by atoms with Gasteiger partial charge in [0.2, 0.25) is 0 Å². The summed E-state index contributed by atoms with van der Waals surface area (Å²) >= 11 is 0. The van der Waals surface area contributed by atoms with E-state index in [-0.39, 0.29) is 5.56 Å². The van der Waals surface area contributed by atoms with E-state index >= 15 is 0 Å². The summed E-state index contributed by atoms with van der Waals surface area (Å²) in [6.07, 6.45) is 0. The molecule has 0 unspecified atom stereocenters. The lowest BCUT2D eigenvalue weighted by molar-refractivity contribution is 0.602. The molecular weight excluding hydrogens is 236 g/mol. The summed E-state index contributed by atoms with van der Waals surface area (Å²) in [4.78, 5) is 0. The fourth-order valence-electron chi connectivity index (χ4n) is 1.92. The zero-order chi connectivity index (χ0) is 12.7. The Bertz CT molecular complexity index is 734. The molecule has 1 heterocycles. The van der Waals surface area contributed by atoms with Crippen molar-refractivity contribution in [2.45, 2.75) is 0 Å². The number of rotatable bonds is 1. The molecule has 0 saturated carbocycles. The third-order valence-electron chi connectivity index (χ3n) is 2.77. The lowest BCUT2D eigenvalue weighted by atomic mass is 10.1. The van der Waals surface area contributed by atoms with E-state index in [9.17, 15) is 8.78 Å². The minimum Gasteiger partial charge on any atom is -0.399 e. The van der Waals surface area contributed by atoms with E-state index in [1.54, 1.807) is 18.2 Å². The molecule has 0 amide bonds. The lowest BCUT2D eigenvalue weighted by Gasteiger charge is -2.01. The van der Waals surface area contributed by atoms with Gasteiger partial charge in [0, 0.05) is 16.6 Å². The van der Waals surface area contributed by atoms with Gasteiger partial charge in [0.25, 0.3) is 0 Å². The maximum absolute atomic E-state index is 13.7. The number of H-pyrrole nitrogens is 1. The third-order valence-corrected chi connectivity index (χ3v) is 2.77. The van der Waals surface area contributed by atoms with E-state index in [0.717, 1.165) is 23.7 Å². The molecule has 2 aromatic carbocycles. The van der Waals surface area contributed by atoms with Crippen molar-refractivity contribution in [2.75, 3.05) is 5.73 Å². The molecule has 5 heteroatoms. The normalized spacial score (nSPS) is 11.0. The predicted octanol–water partition coefficient (Wildman–Crippen LogP) is 3.09.